The van der Waals surface area contributed by atoms with E-state index in [-0.39, 0.29) is 6.04 Å². The summed E-state index contributed by atoms with van der Waals surface area (Å²) in [6.45, 7) is 6.13. The molecular formula is C14H29N3O. The van der Waals surface area contributed by atoms with E-state index in [0.717, 1.165) is 12.5 Å². The van der Waals surface area contributed by atoms with Crippen LogP contribution >= 0.6 is 0 Å². The molecule has 1 atom stereocenters. The highest BCUT2D eigenvalue weighted by Crippen LogP contribution is 2.40. The third-order valence-corrected chi connectivity index (χ3v) is 4.07. The molecule has 0 bridgehead atoms. The molecule has 0 heterocycles. The lowest BCUT2D eigenvalue weighted by Gasteiger charge is -2.29. The molecule has 4 nitrogen and oxygen atoms in total. The van der Waals surface area contributed by atoms with Gasteiger partial charge in [-0.1, -0.05) is 19.8 Å². The second-order valence-corrected chi connectivity index (χ2v) is 5.49. The molecule has 106 valence electrons. The van der Waals surface area contributed by atoms with Crippen molar-refractivity contribution in [1.29, 1.82) is 0 Å². The molecule has 1 rings (SSSR count). The average molecular weight is 255 g/mol. The first-order valence-electron chi connectivity index (χ1n) is 7.12. The first kappa shape index (κ1) is 15.3. The summed E-state index contributed by atoms with van der Waals surface area (Å²) in [7, 11) is 3.54. The molecule has 4 heteroatoms. The molecule has 1 saturated carbocycles. The molecule has 0 spiro atoms. The highest BCUT2D eigenvalue weighted by atomic mass is 16.5. The van der Waals surface area contributed by atoms with Crippen LogP contribution in [0.15, 0.2) is 4.99 Å². The predicted octanol–water partition coefficient (Wildman–Crippen LogP) is 2.16. The molecular weight excluding hydrogens is 226 g/mol. The molecule has 0 amide bonds. The summed E-state index contributed by atoms with van der Waals surface area (Å²) in [5.41, 5.74) is 0.488. The van der Waals surface area contributed by atoms with E-state index >= 15 is 0 Å². The summed E-state index contributed by atoms with van der Waals surface area (Å²) in [5.74, 6) is 0.888. The van der Waals surface area contributed by atoms with Crippen molar-refractivity contribution in [1.82, 2.24) is 10.6 Å². The Morgan fingerprint density at radius 3 is 2.56 bits per heavy atom. The van der Waals surface area contributed by atoms with Crippen LogP contribution in [-0.2, 0) is 4.74 Å². The quantitative estimate of drug-likeness (QED) is 0.565. The van der Waals surface area contributed by atoms with E-state index in [0.29, 0.717) is 12.0 Å². The number of guanidine groups is 1. The number of ether oxygens (including phenoxy) is 1. The third kappa shape index (κ3) is 4.48. The van der Waals surface area contributed by atoms with Gasteiger partial charge >= 0.3 is 0 Å². The van der Waals surface area contributed by atoms with Crippen molar-refractivity contribution in [3.63, 3.8) is 0 Å². The zero-order chi connectivity index (χ0) is 13.4. The average Bonchev–Trinajstić information content (AvgIpc) is 2.84. The summed E-state index contributed by atoms with van der Waals surface area (Å²) in [5, 5.41) is 6.82. The van der Waals surface area contributed by atoms with E-state index in [2.05, 4.69) is 29.5 Å². The van der Waals surface area contributed by atoms with Gasteiger partial charge in [0.2, 0.25) is 0 Å². The van der Waals surface area contributed by atoms with Crippen LogP contribution in [0.5, 0.6) is 0 Å². The zero-order valence-electron chi connectivity index (χ0n) is 12.4. The second kappa shape index (κ2) is 7.62. The van der Waals surface area contributed by atoms with Crippen molar-refractivity contribution in [2.75, 3.05) is 27.3 Å². The lowest BCUT2D eigenvalue weighted by atomic mass is 9.83. The summed E-state index contributed by atoms with van der Waals surface area (Å²) >= 11 is 0. The Hall–Kier alpha value is -0.770. The Morgan fingerprint density at radius 2 is 2.06 bits per heavy atom. The van der Waals surface area contributed by atoms with E-state index < -0.39 is 0 Å². The Kier molecular flexibility index (Phi) is 6.47. The SMILES string of the molecule is CCC1(CNC(=NC)NC(C)COC)CCCC1. The fraction of sp³-hybridized carbons (Fsp3) is 0.929. The Bertz CT molecular complexity index is 260. The lowest BCUT2D eigenvalue weighted by molar-refractivity contribution is 0.178. The van der Waals surface area contributed by atoms with Crippen LogP contribution in [0.3, 0.4) is 0 Å². The van der Waals surface area contributed by atoms with E-state index in [1.165, 1.54) is 32.1 Å². The molecule has 0 aromatic heterocycles. The van der Waals surface area contributed by atoms with Crippen LogP contribution in [0.25, 0.3) is 0 Å². The lowest BCUT2D eigenvalue weighted by Crippen LogP contribution is -2.47. The number of methoxy groups -OCH3 is 1. The van der Waals surface area contributed by atoms with Gasteiger partial charge in [-0.15, -0.1) is 0 Å². The van der Waals surface area contributed by atoms with Gasteiger partial charge < -0.3 is 15.4 Å². The van der Waals surface area contributed by atoms with Gasteiger partial charge in [0.1, 0.15) is 0 Å². The molecule has 1 fully saturated rings. The minimum absolute atomic E-state index is 0.280. The van der Waals surface area contributed by atoms with Gasteiger partial charge in [0.15, 0.2) is 5.96 Å². The van der Waals surface area contributed by atoms with Crippen LogP contribution < -0.4 is 10.6 Å². The maximum Gasteiger partial charge on any atom is 0.191 e. The smallest absolute Gasteiger partial charge is 0.191 e. The number of hydrogen-bond donors (Lipinski definition) is 2. The number of nitrogens with one attached hydrogen (secondary N) is 2. The highest BCUT2D eigenvalue weighted by molar-refractivity contribution is 5.79. The van der Waals surface area contributed by atoms with Gasteiger partial charge in [0, 0.05) is 26.7 Å². The standard InChI is InChI=1S/C14H29N3O/c1-5-14(8-6-7-9-14)11-16-13(15-3)17-12(2)10-18-4/h12H,5-11H2,1-4H3,(H2,15,16,17). The van der Waals surface area contributed by atoms with Crippen LogP contribution in [0, 0.1) is 5.41 Å². The first-order chi connectivity index (χ1) is 8.65. The summed E-state index contributed by atoms with van der Waals surface area (Å²) in [6, 6.07) is 0.280. The van der Waals surface area contributed by atoms with Gasteiger partial charge in [0.05, 0.1) is 6.61 Å². The molecule has 2 N–H and O–H groups in total. The number of rotatable bonds is 6. The largest absolute Gasteiger partial charge is 0.383 e. The predicted molar refractivity (Wildman–Crippen MR) is 77.0 cm³/mol. The molecule has 0 saturated heterocycles. The normalized spacial score (nSPS) is 20.8. The van der Waals surface area contributed by atoms with Gasteiger partial charge in [-0.2, -0.15) is 0 Å². The molecule has 1 aliphatic rings. The Morgan fingerprint density at radius 1 is 1.39 bits per heavy atom. The van der Waals surface area contributed by atoms with Crippen LogP contribution in [0.2, 0.25) is 0 Å². The summed E-state index contributed by atoms with van der Waals surface area (Å²) in [4.78, 5) is 4.28. The van der Waals surface area contributed by atoms with Crippen molar-refractivity contribution < 1.29 is 4.74 Å². The number of nitrogens with zero attached hydrogens (tertiary/aromatic N) is 1. The molecule has 0 aliphatic heterocycles. The molecule has 0 radical (unpaired) electrons. The van der Waals surface area contributed by atoms with Gasteiger partial charge in [-0.05, 0) is 31.6 Å². The number of aliphatic imine (C=N–C) groups is 1. The summed E-state index contributed by atoms with van der Waals surface area (Å²) < 4.78 is 5.12. The third-order valence-electron chi connectivity index (χ3n) is 4.07. The molecule has 1 aliphatic carbocycles. The van der Waals surface area contributed by atoms with Crippen LogP contribution in [0.4, 0.5) is 0 Å². The topological polar surface area (TPSA) is 45.7 Å². The fourth-order valence-electron chi connectivity index (χ4n) is 2.77. The van der Waals surface area contributed by atoms with Crippen molar-refractivity contribution in [3.8, 4) is 0 Å². The molecule has 0 aromatic rings. The van der Waals surface area contributed by atoms with Crippen molar-refractivity contribution in [2.45, 2.75) is 52.0 Å². The zero-order valence-corrected chi connectivity index (χ0v) is 12.4. The van der Waals surface area contributed by atoms with E-state index in [1.54, 1.807) is 7.11 Å². The second-order valence-electron chi connectivity index (χ2n) is 5.49. The molecule has 0 aromatic carbocycles. The maximum absolute atomic E-state index is 5.12. The van der Waals surface area contributed by atoms with Gasteiger partial charge in [-0.3, -0.25) is 4.99 Å². The minimum Gasteiger partial charge on any atom is -0.383 e. The van der Waals surface area contributed by atoms with E-state index in [4.69, 9.17) is 4.74 Å². The van der Waals surface area contributed by atoms with Crippen molar-refractivity contribution in [3.05, 3.63) is 0 Å². The number of hydrogen-bond acceptors (Lipinski definition) is 2. The monoisotopic (exact) mass is 255 g/mol. The van der Waals surface area contributed by atoms with Crippen LogP contribution in [-0.4, -0.2) is 39.3 Å². The first-order valence-corrected chi connectivity index (χ1v) is 7.12. The molecule has 18 heavy (non-hydrogen) atoms. The van der Waals surface area contributed by atoms with Gasteiger partial charge in [0.25, 0.3) is 0 Å². The maximum atomic E-state index is 5.12. The Balaban J connectivity index is 2.39. The van der Waals surface area contributed by atoms with E-state index in [9.17, 15) is 0 Å². The van der Waals surface area contributed by atoms with Crippen molar-refractivity contribution in [2.24, 2.45) is 10.4 Å². The highest BCUT2D eigenvalue weighted by Gasteiger charge is 2.31. The van der Waals surface area contributed by atoms with E-state index in [1.807, 2.05) is 7.05 Å². The summed E-state index contributed by atoms with van der Waals surface area (Å²) in [6.07, 6.45) is 6.70. The fourth-order valence-corrected chi connectivity index (χ4v) is 2.77. The minimum atomic E-state index is 0.280. The Labute approximate surface area is 112 Å². The molecule has 1 unspecified atom stereocenters. The van der Waals surface area contributed by atoms with Gasteiger partial charge in [-0.25, -0.2) is 0 Å². The van der Waals surface area contributed by atoms with Crippen molar-refractivity contribution >= 4 is 5.96 Å². The van der Waals surface area contributed by atoms with Crippen LogP contribution in [0.1, 0.15) is 46.0 Å².